The van der Waals surface area contributed by atoms with Crippen LogP contribution < -0.4 is 5.73 Å². The van der Waals surface area contributed by atoms with Crippen molar-refractivity contribution >= 4 is 21.6 Å². The van der Waals surface area contributed by atoms with Gasteiger partial charge in [-0.25, -0.2) is 8.42 Å². The maximum absolute atomic E-state index is 11.8. The summed E-state index contributed by atoms with van der Waals surface area (Å²) in [5.74, 6) is 1.68. The Balaban J connectivity index is 2.80. The second-order valence-corrected chi connectivity index (χ2v) is 8.96. The first-order valence-electron chi connectivity index (χ1n) is 5.91. The molecule has 1 saturated heterocycles. The maximum Gasteiger partial charge on any atom is 0.164 e. The first-order valence-corrected chi connectivity index (χ1v) is 9.02. The van der Waals surface area contributed by atoms with E-state index in [1.54, 1.807) is 11.8 Å². The van der Waals surface area contributed by atoms with E-state index in [1.807, 2.05) is 6.92 Å². The molecule has 0 bridgehead atoms. The summed E-state index contributed by atoms with van der Waals surface area (Å²) in [5, 5.41) is -0.348. The van der Waals surface area contributed by atoms with Gasteiger partial charge in [-0.05, 0) is 12.3 Å². The standard InChI is InChI=1S/C11H24N2O2S2/c1-9(12)11(2,3)8-13-5-6-16-7-10(13)17(4,14)15/h9-10H,5-8,12H2,1-4H3. The lowest BCUT2D eigenvalue weighted by Gasteiger charge is -2.40. The first-order chi connectivity index (χ1) is 7.64. The number of hydrogen-bond donors (Lipinski definition) is 1. The van der Waals surface area contributed by atoms with Crippen molar-refractivity contribution in [3.05, 3.63) is 0 Å². The molecule has 1 aliphatic rings. The van der Waals surface area contributed by atoms with Gasteiger partial charge in [0, 0.05) is 36.9 Å². The Kier molecular flexibility index (Phi) is 4.91. The molecule has 0 aromatic carbocycles. The van der Waals surface area contributed by atoms with Gasteiger partial charge in [-0.2, -0.15) is 11.8 Å². The van der Waals surface area contributed by atoms with E-state index < -0.39 is 9.84 Å². The minimum Gasteiger partial charge on any atom is -0.327 e. The minimum absolute atomic E-state index is 0.0530. The van der Waals surface area contributed by atoms with Crippen LogP contribution in [-0.4, -0.2) is 55.6 Å². The highest BCUT2D eigenvalue weighted by Gasteiger charge is 2.35. The molecule has 1 rings (SSSR count). The highest BCUT2D eigenvalue weighted by Crippen LogP contribution is 2.27. The van der Waals surface area contributed by atoms with Crippen molar-refractivity contribution in [1.29, 1.82) is 0 Å². The van der Waals surface area contributed by atoms with Gasteiger partial charge in [0.25, 0.3) is 0 Å². The van der Waals surface area contributed by atoms with E-state index in [0.29, 0.717) is 5.75 Å². The van der Waals surface area contributed by atoms with Crippen molar-refractivity contribution in [1.82, 2.24) is 4.90 Å². The molecule has 1 heterocycles. The number of hydrogen-bond acceptors (Lipinski definition) is 5. The third-order valence-corrected chi connectivity index (χ3v) is 6.21. The topological polar surface area (TPSA) is 63.4 Å². The van der Waals surface area contributed by atoms with Gasteiger partial charge in [0.05, 0.1) is 0 Å². The van der Waals surface area contributed by atoms with Crippen LogP contribution in [0.25, 0.3) is 0 Å². The van der Waals surface area contributed by atoms with Crippen LogP contribution >= 0.6 is 11.8 Å². The zero-order valence-electron chi connectivity index (χ0n) is 11.1. The third kappa shape index (κ3) is 4.12. The van der Waals surface area contributed by atoms with Gasteiger partial charge in [0.2, 0.25) is 0 Å². The molecule has 102 valence electrons. The zero-order chi connectivity index (χ0) is 13.3. The first kappa shape index (κ1) is 15.3. The molecule has 6 heteroatoms. The largest absolute Gasteiger partial charge is 0.327 e. The van der Waals surface area contributed by atoms with E-state index in [-0.39, 0.29) is 16.8 Å². The number of nitrogens with two attached hydrogens (primary N) is 1. The molecule has 0 aromatic heterocycles. The Morgan fingerprint density at radius 3 is 2.59 bits per heavy atom. The van der Waals surface area contributed by atoms with Crippen molar-refractivity contribution in [3.8, 4) is 0 Å². The molecule has 2 unspecified atom stereocenters. The minimum atomic E-state index is -3.01. The summed E-state index contributed by atoms with van der Waals surface area (Å²) in [6, 6.07) is 0.0530. The summed E-state index contributed by atoms with van der Waals surface area (Å²) >= 11 is 1.72. The normalized spacial score (nSPS) is 25.8. The lowest BCUT2D eigenvalue weighted by atomic mass is 9.85. The fourth-order valence-electron chi connectivity index (χ4n) is 1.86. The van der Waals surface area contributed by atoms with Gasteiger partial charge in [-0.3, -0.25) is 4.90 Å². The quantitative estimate of drug-likeness (QED) is 0.824. The van der Waals surface area contributed by atoms with Gasteiger partial charge in [-0.15, -0.1) is 0 Å². The average Bonchev–Trinajstić information content (AvgIpc) is 2.15. The van der Waals surface area contributed by atoms with Crippen molar-refractivity contribution in [2.24, 2.45) is 11.1 Å². The van der Waals surface area contributed by atoms with E-state index in [1.165, 1.54) is 6.26 Å². The third-order valence-electron chi connectivity index (χ3n) is 3.53. The molecule has 17 heavy (non-hydrogen) atoms. The van der Waals surface area contributed by atoms with Crippen LogP contribution in [0.4, 0.5) is 0 Å². The van der Waals surface area contributed by atoms with Crippen LogP contribution in [0.1, 0.15) is 20.8 Å². The summed E-state index contributed by atoms with van der Waals surface area (Å²) in [6.45, 7) is 7.74. The van der Waals surface area contributed by atoms with Crippen LogP contribution in [0.15, 0.2) is 0 Å². The monoisotopic (exact) mass is 280 g/mol. The van der Waals surface area contributed by atoms with Gasteiger partial charge in [-0.1, -0.05) is 13.8 Å². The Bertz CT molecular complexity index is 352. The number of rotatable bonds is 4. The highest BCUT2D eigenvalue weighted by molar-refractivity contribution is 8.00. The van der Waals surface area contributed by atoms with E-state index in [9.17, 15) is 8.42 Å². The fourth-order valence-corrected chi connectivity index (χ4v) is 4.80. The molecular formula is C11H24N2O2S2. The van der Waals surface area contributed by atoms with Gasteiger partial charge < -0.3 is 5.73 Å². The van der Waals surface area contributed by atoms with Crippen LogP contribution in [0, 0.1) is 5.41 Å². The molecule has 2 N–H and O–H groups in total. The van der Waals surface area contributed by atoms with Crippen LogP contribution in [0.5, 0.6) is 0 Å². The second kappa shape index (κ2) is 5.47. The number of nitrogens with zero attached hydrogens (tertiary/aromatic N) is 1. The zero-order valence-corrected chi connectivity index (χ0v) is 12.8. The molecule has 1 aliphatic heterocycles. The second-order valence-electron chi connectivity index (χ2n) is 5.61. The van der Waals surface area contributed by atoms with Crippen LogP contribution in [0.2, 0.25) is 0 Å². The van der Waals surface area contributed by atoms with Gasteiger partial charge >= 0.3 is 0 Å². The lowest BCUT2D eigenvalue weighted by molar-refractivity contribution is 0.154. The summed E-state index contributed by atoms with van der Waals surface area (Å²) < 4.78 is 23.5. The number of sulfone groups is 1. The smallest absolute Gasteiger partial charge is 0.164 e. The predicted octanol–water partition coefficient (Wildman–Crippen LogP) is 0.779. The molecule has 0 amide bonds. The summed E-state index contributed by atoms with van der Waals surface area (Å²) in [5.41, 5.74) is 5.90. The van der Waals surface area contributed by atoms with E-state index >= 15 is 0 Å². The lowest BCUT2D eigenvalue weighted by Crippen LogP contribution is -2.53. The van der Waals surface area contributed by atoms with Crippen molar-refractivity contribution in [3.63, 3.8) is 0 Å². The predicted molar refractivity (Wildman–Crippen MR) is 75.0 cm³/mol. The highest BCUT2D eigenvalue weighted by atomic mass is 32.2. The van der Waals surface area contributed by atoms with Crippen molar-refractivity contribution in [2.45, 2.75) is 32.2 Å². The molecule has 0 aromatic rings. The fraction of sp³-hybridized carbons (Fsp3) is 1.00. The number of thioether (sulfide) groups is 1. The molecule has 4 nitrogen and oxygen atoms in total. The summed E-state index contributed by atoms with van der Waals surface area (Å²) in [7, 11) is -3.01. The van der Waals surface area contributed by atoms with Gasteiger partial charge in [0.1, 0.15) is 5.37 Å². The van der Waals surface area contributed by atoms with E-state index in [0.717, 1.165) is 18.8 Å². The Morgan fingerprint density at radius 2 is 2.12 bits per heavy atom. The molecule has 0 aliphatic carbocycles. The van der Waals surface area contributed by atoms with Gasteiger partial charge in [0.15, 0.2) is 9.84 Å². The molecular weight excluding hydrogens is 256 g/mol. The van der Waals surface area contributed by atoms with Crippen LogP contribution in [-0.2, 0) is 9.84 Å². The van der Waals surface area contributed by atoms with Crippen LogP contribution in [0.3, 0.4) is 0 Å². The molecule has 2 atom stereocenters. The Morgan fingerprint density at radius 1 is 1.53 bits per heavy atom. The molecule has 0 saturated carbocycles. The van der Waals surface area contributed by atoms with E-state index in [2.05, 4.69) is 18.7 Å². The Hall–Kier alpha value is 0.220. The SMILES string of the molecule is CC(N)C(C)(C)CN1CCSCC1S(C)(=O)=O. The van der Waals surface area contributed by atoms with Crippen molar-refractivity contribution < 1.29 is 8.42 Å². The summed E-state index contributed by atoms with van der Waals surface area (Å²) in [6.07, 6.45) is 1.33. The molecule has 1 fully saturated rings. The average molecular weight is 280 g/mol. The molecule has 0 spiro atoms. The van der Waals surface area contributed by atoms with E-state index in [4.69, 9.17) is 5.73 Å². The maximum atomic E-state index is 11.8. The summed E-state index contributed by atoms with van der Waals surface area (Å²) in [4.78, 5) is 2.08. The Labute approximate surface area is 109 Å². The molecule has 0 radical (unpaired) electrons. The van der Waals surface area contributed by atoms with Crippen molar-refractivity contribution in [2.75, 3.05) is 30.9 Å².